The second-order valence-electron chi connectivity index (χ2n) is 6.08. The summed E-state index contributed by atoms with van der Waals surface area (Å²) in [6.07, 6.45) is 3.95. The number of esters is 1. The van der Waals surface area contributed by atoms with E-state index in [1.54, 1.807) is 24.3 Å². The van der Waals surface area contributed by atoms with Crippen LogP contribution in [-0.2, 0) is 19.6 Å². The second-order valence-corrected chi connectivity index (χ2v) is 8.01. The van der Waals surface area contributed by atoms with Crippen molar-refractivity contribution >= 4 is 16.0 Å². The lowest BCUT2D eigenvalue weighted by Gasteiger charge is -2.23. The van der Waals surface area contributed by atoms with Crippen LogP contribution < -0.4 is 0 Å². The first-order chi connectivity index (χ1) is 10.9. The Balaban J connectivity index is 2.18. The van der Waals surface area contributed by atoms with Crippen molar-refractivity contribution in [2.24, 2.45) is 5.92 Å². The Hall–Kier alpha value is -1.40. The number of aryl methyl sites for hydroxylation is 1. The van der Waals surface area contributed by atoms with Gasteiger partial charge in [-0.25, -0.2) is 8.42 Å². The van der Waals surface area contributed by atoms with Crippen LogP contribution in [0.5, 0.6) is 0 Å². The lowest BCUT2D eigenvalue weighted by Crippen LogP contribution is -2.34. The van der Waals surface area contributed by atoms with E-state index in [1.165, 1.54) is 11.4 Å². The van der Waals surface area contributed by atoms with Gasteiger partial charge in [0, 0.05) is 13.1 Å². The molecule has 1 aliphatic rings. The molecule has 0 bridgehead atoms. The minimum atomic E-state index is -3.51. The van der Waals surface area contributed by atoms with Crippen molar-refractivity contribution in [1.82, 2.24) is 4.31 Å². The third-order valence-corrected chi connectivity index (χ3v) is 6.29. The fraction of sp³-hybridized carbons (Fsp3) is 0.588. The van der Waals surface area contributed by atoms with E-state index in [0.717, 1.165) is 31.2 Å². The quantitative estimate of drug-likeness (QED) is 0.794. The smallest absolute Gasteiger partial charge is 0.308 e. The van der Waals surface area contributed by atoms with Gasteiger partial charge in [0.15, 0.2) is 0 Å². The summed E-state index contributed by atoms with van der Waals surface area (Å²) >= 11 is 0. The molecule has 1 aliphatic heterocycles. The van der Waals surface area contributed by atoms with Gasteiger partial charge in [-0.1, -0.05) is 30.5 Å². The van der Waals surface area contributed by atoms with Gasteiger partial charge in [0.05, 0.1) is 17.9 Å². The number of hydrogen-bond acceptors (Lipinski definition) is 4. The zero-order valence-corrected chi connectivity index (χ0v) is 14.6. The molecule has 2 rings (SSSR count). The van der Waals surface area contributed by atoms with Gasteiger partial charge in [0.25, 0.3) is 0 Å². The van der Waals surface area contributed by atoms with Crippen molar-refractivity contribution in [2.45, 2.75) is 43.9 Å². The van der Waals surface area contributed by atoms with Gasteiger partial charge in [-0.2, -0.15) is 4.31 Å². The molecule has 128 valence electrons. The largest absolute Gasteiger partial charge is 0.469 e. The Kier molecular flexibility index (Phi) is 6.18. The normalized spacial score (nSPS) is 21.0. The number of sulfonamides is 1. The molecule has 1 saturated heterocycles. The molecule has 1 fully saturated rings. The van der Waals surface area contributed by atoms with Gasteiger partial charge in [0.2, 0.25) is 10.0 Å². The first-order valence-electron chi connectivity index (χ1n) is 8.10. The van der Waals surface area contributed by atoms with Gasteiger partial charge in [-0.15, -0.1) is 0 Å². The Bertz CT molecular complexity index is 624. The number of hydrogen-bond donors (Lipinski definition) is 0. The number of nitrogens with zero attached hydrogens (tertiary/aromatic N) is 1. The van der Waals surface area contributed by atoms with Crippen LogP contribution in [0.2, 0.25) is 0 Å². The standard InChI is InChI=1S/C17H25NO4S/c1-14-7-9-16(10-8-14)23(20,21)18-12-5-3-4-6-15(11-13-18)17(19)22-2/h7-10,15H,3-6,11-13H2,1-2H3. The predicted molar refractivity (Wildman–Crippen MR) is 88.5 cm³/mol. The molecule has 0 spiro atoms. The van der Waals surface area contributed by atoms with Crippen LogP contribution in [-0.4, -0.2) is 38.9 Å². The topological polar surface area (TPSA) is 63.7 Å². The molecule has 0 amide bonds. The lowest BCUT2D eigenvalue weighted by molar-refractivity contribution is -0.146. The number of methoxy groups -OCH3 is 1. The summed E-state index contributed by atoms with van der Waals surface area (Å²) in [6.45, 7) is 2.79. The molecule has 1 unspecified atom stereocenters. The molecular weight excluding hydrogens is 314 g/mol. The van der Waals surface area contributed by atoms with Gasteiger partial charge in [-0.05, 0) is 38.3 Å². The molecule has 1 aromatic carbocycles. The second kappa shape index (κ2) is 7.93. The maximum atomic E-state index is 12.8. The highest BCUT2D eigenvalue weighted by Crippen LogP contribution is 2.23. The van der Waals surface area contributed by atoms with E-state index in [0.29, 0.717) is 24.4 Å². The SMILES string of the molecule is COC(=O)C1CCCCCN(S(=O)(=O)c2ccc(C)cc2)CC1. The summed E-state index contributed by atoms with van der Waals surface area (Å²) in [7, 11) is -2.12. The Labute approximate surface area is 138 Å². The Morgan fingerprint density at radius 3 is 2.43 bits per heavy atom. The van der Waals surface area contributed by atoms with Crippen LogP contribution in [0.4, 0.5) is 0 Å². The summed E-state index contributed by atoms with van der Waals surface area (Å²) in [5.74, 6) is -0.451. The molecule has 1 heterocycles. The maximum absolute atomic E-state index is 12.8. The van der Waals surface area contributed by atoms with E-state index in [9.17, 15) is 13.2 Å². The number of ether oxygens (including phenoxy) is 1. The zero-order chi connectivity index (χ0) is 16.9. The molecule has 5 nitrogen and oxygen atoms in total. The van der Waals surface area contributed by atoms with Crippen LogP contribution in [0, 0.1) is 12.8 Å². The van der Waals surface area contributed by atoms with Gasteiger partial charge >= 0.3 is 5.97 Å². The zero-order valence-electron chi connectivity index (χ0n) is 13.8. The lowest BCUT2D eigenvalue weighted by atomic mass is 9.99. The van der Waals surface area contributed by atoms with Crippen molar-refractivity contribution < 1.29 is 17.9 Å². The highest BCUT2D eigenvalue weighted by Gasteiger charge is 2.28. The van der Waals surface area contributed by atoms with E-state index in [-0.39, 0.29) is 11.9 Å². The molecule has 0 radical (unpaired) electrons. The Morgan fingerprint density at radius 1 is 1.09 bits per heavy atom. The average Bonchev–Trinajstić information content (AvgIpc) is 2.66. The van der Waals surface area contributed by atoms with Gasteiger partial charge < -0.3 is 4.74 Å². The van der Waals surface area contributed by atoms with Crippen LogP contribution in [0.15, 0.2) is 29.2 Å². The van der Waals surface area contributed by atoms with Crippen molar-refractivity contribution in [1.29, 1.82) is 0 Å². The molecular formula is C17H25NO4S. The molecule has 0 saturated carbocycles. The van der Waals surface area contributed by atoms with Crippen molar-refractivity contribution in [2.75, 3.05) is 20.2 Å². The van der Waals surface area contributed by atoms with E-state index < -0.39 is 10.0 Å². The Morgan fingerprint density at radius 2 is 1.78 bits per heavy atom. The molecule has 0 aliphatic carbocycles. The third kappa shape index (κ3) is 4.54. The summed E-state index contributed by atoms with van der Waals surface area (Å²) in [4.78, 5) is 12.1. The summed E-state index contributed by atoms with van der Waals surface area (Å²) in [6, 6.07) is 6.91. The molecule has 0 aromatic heterocycles. The molecule has 1 atom stereocenters. The molecule has 0 N–H and O–H groups in total. The highest BCUT2D eigenvalue weighted by atomic mass is 32.2. The fourth-order valence-corrected chi connectivity index (χ4v) is 4.41. The molecule has 6 heteroatoms. The van der Waals surface area contributed by atoms with Crippen LogP contribution in [0.25, 0.3) is 0 Å². The first kappa shape index (κ1) is 17.9. The number of benzene rings is 1. The van der Waals surface area contributed by atoms with Crippen molar-refractivity contribution in [3.05, 3.63) is 29.8 Å². The van der Waals surface area contributed by atoms with E-state index >= 15 is 0 Å². The maximum Gasteiger partial charge on any atom is 0.308 e. The van der Waals surface area contributed by atoms with E-state index in [4.69, 9.17) is 4.74 Å². The van der Waals surface area contributed by atoms with Crippen LogP contribution >= 0.6 is 0 Å². The van der Waals surface area contributed by atoms with Crippen LogP contribution in [0.3, 0.4) is 0 Å². The molecule has 23 heavy (non-hydrogen) atoms. The predicted octanol–water partition coefficient (Wildman–Crippen LogP) is 2.74. The minimum Gasteiger partial charge on any atom is -0.469 e. The third-order valence-electron chi connectivity index (χ3n) is 4.38. The van der Waals surface area contributed by atoms with Gasteiger partial charge in [-0.3, -0.25) is 4.79 Å². The van der Waals surface area contributed by atoms with Crippen molar-refractivity contribution in [3.63, 3.8) is 0 Å². The summed E-state index contributed by atoms with van der Waals surface area (Å²) < 4.78 is 32.0. The van der Waals surface area contributed by atoms with E-state index in [2.05, 4.69) is 0 Å². The number of carbonyl (C=O) groups excluding carboxylic acids is 1. The van der Waals surface area contributed by atoms with Crippen molar-refractivity contribution in [3.8, 4) is 0 Å². The first-order valence-corrected chi connectivity index (χ1v) is 9.54. The summed E-state index contributed by atoms with van der Waals surface area (Å²) in [5.41, 5.74) is 1.03. The fourth-order valence-electron chi connectivity index (χ4n) is 2.91. The summed E-state index contributed by atoms with van der Waals surface area (Å²) in [5, 5.41) is 0. The van der Waals surface area contributed by atoms with Crippen LogP contribution in [0.1, 0.15) is 37.7 Å². The average molecular weight is 339 g/mol. The number of rotatable bonds is 3. The molecule has 1 aromatic rings. The number of carbonyl (C=O) groups is 1. The van der Waals surface area contributed by atoms with Gasteiger partial charge in [0.1, 0.15) is 0 Å². The highest BCUT2D eigenvalue weighted by molar-refractivity contribution is 7.89. The monoisotopic (exact) mass is 339 g/mol. The van der Waals surface area contributed by atoms with E-state index in [1.807, 2.05) is 6.92 Å². The minimum absolute atomic E-state index is 0.214.